The lowest BCUT2D eigenvalue weighted by Crippen LogP contribution is -2.24. The summed E-state index contributed by atoms with van der Waals surface area (Å²) in [6, 6.07) is 9.75. The molecule has 0 radical (unpaired) electrons. The average Bonchev–Trinajstić information content (AvgIpc) is 3.35. The number of nitrogens with one attached hydrogen (secondary N) is 1. The van der Waals surface area contributed by atoms with Gasteiger partial charge in [0.15, 0.2) is 0 Å². The third kappa shape index (κ3) is 3.95. The van der Waals surface area contributed by atoms with Gasteiger partial charge in [-0.3, -0.25) is 13.8 Å². The Morgan fingerprint density at radius 2 is 1.93 bits per heavy atom. The van der Waals surface area contributed by atoms with Crippen molar-refractivity contribution in [1.29, 1.82) is 0 Å². The molecule has 4 rings (SSSR count). The zero-order chi connectivity index (χ0) is 19.5. The smallest absolute Gasteiger partial charge is 0.261 e. The zero-order valence-electron chi connectivity index (χ0n) is 16.3. The highest BCUT2D eigenvalue weighted by molar-refractivity contribution is 6.30. The molecule has 0 amide bonds. The lowest BCUT2D eigenvalue weighted by Gasteiger charge is -2.19. The predicted molar refractivity (Wildman–Crippen MR) is 115 cm³/mol. The van der Waals surface area contributed by atoms with Crippen molar-refractivity contribution in [2.75, 3.05) is 5.32 Å². The van der Waals surface area contributed by atoms with Crippen LogP contribution in [0.25, 0.3) is 17.0 Å². The van der Waals surface area contributed by atoms with Crippen LogP contribution in [-0.2, 0) is 6.54 Å². The van der Waals surface area contributed by atoms with Crippen LogP contribution in [0.15, 0.2) is 41.3 Å². The van der Waals surface area contributed by atoms with Crippen molar-refractivity contribution in [3.05, 3.63) is 51.9 Å². The molecular formula is C22H27ClN4O. The van der Waals surface area contributed by atoms with Gasteiger partial charge in [0.25, 0.3) is 5.56 Å². The number of fused-ring (bicyclic) bond motifs is 1. The Balaban J connectivity index is 1.78. The number of aromatic nitrogens is 3. The van der Waals surface area contributed by atoms with E-state index in [0.717, 1.165) is 42.9 Å². The topological polar surface area (TPSA) is 51.3 Å². The summed E-state index contributed by atoms with van der Waals surface area (Å²) >= 11 is 6.01. The maximum Gasteiger partial charge on any atom is 0.261 e. The fraction of sp³-hybridized carbons (Fsp3) is 0.455. The second kappa shape index (κ2) is 8.39. The molecule has 3 aromatic rings. The summed E-state index contributed by atoms with van der Waals surface area (Å²) in [4.78, 5) is 17.6. The molecule has 0 spiro atoms. The van der Waals surface area contributed by atoms with Crippen molar-refractivity contribution in [1.82, 2.24) is 14.0 Å². The average molecular weight is 399 g/mol. The molecule has 6 heteroatoms. The first-order valence-electron chi connectivity index (χ1n) is 10.3. The number of anilines is 1. The Morgan fingerprint density at radius 3 is 2.64 bits per heavy atom. The molecule has 0 aliphatic heterocycles. The molecule has 28 heavy (non-hydrogen) atoms. The van der Waals surface area contributed by atoms with Gasteiger partial charge in [-0.2, -0.15) is 0 Å². The van der Waals surface area contributed by atoms with Crippen molar-refractivity contribution in [3.63, 3.8) is 0 Å². The van der Waals surface area contributed by atoms with Gasteiger partial charge in [-0.15, -0.1) is 0 Å². The number of rotatable bonds is 7. The molecule has 1 aliphatic rings. The van der Waals surface area contributed by atoms with Gasteiger partial charge in [0.05, 0.1) is 5.69 Å². The van der Waals surface area contributed by atoms with Crippen LogP contribution in [0.5, 0.6) is 0 Å². The molecule has 148 valence electrons. The summed E-state index contributed by atoms with van der Waals surface area (Å²) in [6.45, 7) is 3.05. The van der Waals surface area contributed by atoms with E-state index in [1.165, 1.54) is 25.7 Å². The second-order valence-electron chi connectivity index (χ2n) is 7.66. The summed E-state index contributed by atoms with van der Waals surface area (Å²) in [6.07, 6.45) is 10.1. The van der Waals surface area contributed by atoms with Gasteiger partial charge in [0.1, 0.15) is 5.82 Å². The van der Waals surface area contributed by atoms with E-state index in [9.17, 15) is 4.79 Å². The molecule has 2 heterocycles. The van der Waals surface area contributed by atoms with Gasteiger partial charge in [-0.1, -0.05) is 56.3 Å². The Labute approximate surface area is 170 Å². The molecule has 5 nitrogen and oxygen atoms in total. The number of unbranched alkanes of at least 4 members (excludes halogenated alkanes) is 2. The van der Waals surface area contributed by atoms with E-state index in [2.05, 4.69) is 16.8 Å². The van der Waals surface area contributed by atoms with Crippen LogP contribution >= 0.6 is 11.6 Å². The molecule has 1 aliphatic carbocycles. The van der Waals surface area contributed by atoms with E-state index >= 15 is 0 Å². The Kier molecular flexibility index (Phi) is 5.72. The maximum atomic E-state index is 12.8. The van der Waals surface area contributed by atoms with Crippen LogP contribution in [0.2, 0.25) is 5.02 Å². The highest BCUT2D eigenvalue weighted by Gasteiger charge is 2.19. The number of aryl methyl sites for hydroxylation is 1. The van der Waals surface area contributed by atoms with Gasteiger partial charge in [0.2, 0.25) is 5.78 Å². The molecule has 2 aromatic heterocycles. The first-order chi connectivity index (χ1) is 13.7. The number of hydrogen-bond donors (Lipinski definition) is 1. The predicted octanol–water partition coefficient (Wildman–Crippen LogP) is 5.36. The molecule has 0 atom stereocenters. The van der Waals surface area contributed by atoms with Crippen molar-refractivity contribution in [3.8, 4) is 11.3 Å². The Morgan fingerprint density at radius 1 is 1.18 bits per heavy atom. The summed E-state index contributed by atoms with van der Waals surface area (Å²) in [5.41, 5.74) is 1.70. The number of nitrogens with zero attached hydrogens (tertiary/aromatic N) is 3. The quantitative estimate of drug-likeness (QED) is 0.545. The highest BCUT2D eigenvalue weighted by atomic mass is 35.5. The van der Waals surface area contributed by atoms with Crippen LogP contribution in [0.4, 0.5) is 5.82 Å². The molecule has 0 saturated heterocycles. The van der Waals surface area contributed by atoms with E-state index < -0.39 is 0 Å². The van der Waals surface area contributed by atoms with Gasteiger partial charge in [0, 0.05) is 35.4 Å². The standard InChI is InChI=1S/C22H27ClN4O/c1-2-3-6-13-26-20(24-18-7-4-5-8-18)14-21(28)27-15-19(25-22(26)27)16-9-11-17(23)12-10-16/h9-12,14-15,18,24H,2-8,13H2,1H3. The van der Waals surface area contributed by atoms with Crippen LogP contribution < -0.4 is 10.9 Å². The summed E-state index contributed by atoms with van der Waals surface area (Å²) < 4.78 is 3.84. The van der Waals surface area contributed by atoms with Crippen molar-refractivity contribution in [2.45, 2.75) is 64.5 Å². The van der Waals surface area contributed by atoms with Gasteiger partial charge in [-0.25, -0.2) is 4.98 Å². The SMILES string of the molecule is CCCCCn1c(NC2CCCC2)cc(=O)n2cc(-c3ccc(Cl)cc3)nc12. The van der Waals surface area contributed by atoms with Gasteiger partial charge < -0.3 is 5.32 Å². The van der Waals surface area contributed by atoms with E-state index in [4.69, 9.17) is 16.6 Å². The highest BCUT2D eigenvalue weighted by Crippen LogP contribution is 2.25. The van der Waals surface area contributed by atoms with E-state index in [-0.39, 0.29) is 5.56 Å². The minimum Gasteiger partial charge on any atom is -0.368 e. The number of hydrogen-bond acceptors (Lipinski definition) is 3. The fourth-order valence-corrected chi connectivity index (χ4v) is 4.12. The molecular weight excluding hydrogens is 372 g/mol. The third-order valence-electron chi connectivity index (χ3n) is 5.55. The minimum atomic E-state index is -0.0463. The largest absolute Gasteiger partial charge is 0.368 e. The van der Waals surface area contributed by atoms with Crippen molar-refractivity contribution < 1.29 is 0 Å². The molecule has 0 unspecified atom stereocenters. The Hall–Kier alpha value is -2.27. The van der Waals surface area contributed by atoms with E-state index in [1.807, 2.05) is 30.5 Å². The van der Waals surface area contributed by atoms with Gasteiger partial charge in [-0.05, 0) is 31.4 Å². The second-order valence-corrected chi connectivity index (χ2v) is 8.09. The van der Waals surface area contributed by atoms with Crippen molar-refractivity contribution >= 4 is 23.2 Å². The van der Waals surface area contributed by atoms with Crippen LogP contribution in [0.3, 0.4) is 0 Å². The first kappa shape index (κ1) is 19.1. The van der Waals surface area contributed by atoms with Crippen LogP contribution in [0, 0.1) is 0 Å². The Bertz CT molecular complexity index is 1000. The zero-order valence-corrected chi connectivity index (χ0v) is 17.1. The van der Waals surface area contributed by atoms with E-state index in [1.54, 1.807) is 10.5 Å². The first-order valence-corrected chi connectivity index (χ1v) is 10.7. The summed E-state index contributed by atoms with van der Waals surface area (Å²) in [7, 11) is 0. The van der Waals surface area contributed by atoms with E-state index in [0.29, 0.717) is 16.8 Å². The summed E-state index contributed by atoms with van der Waals surface area (Å²) in [5, 5.41) is 4.31. The molecule has 1 N–H and O–H groups in total. The maximum absolute atomic E-state index is 12.8. The van der Waals surface area contributed by atoms with Crippen LogP contribution in [0.1, 0.15) is 51.9 Å². The minimum absolute atomic E-state index is 0.0463. The molecule has 0 bridgehead atoms. The molecule has 1 aromatic carbocycles. The fourth-order valence-electron chi connectivity index (χ4n) is 3.99. The number of halogens is 1. The lowest BCUT2D eigenvalue weighted by molar-refractivity contribution is 0.599. The lowest BCUT2D eigenvalue weighted by atomic mass is 10.2. The number of imidazole rings is 1. The monoisotopic (exact) mass is 398 g/mol. The molecule has 1 fully saturated rings. The van der Waals surface area contributed by atoms with Crippen LogP contribution in [-0.4, -0.2) is 20.0 Å². The normalized spacial score (nSPS) is 14.8. The van der Waals surface area contributed by atoms with Crippen molar-refractivity contribution in [2.24, 2.45) is 0 Å². The number of benzene rings is 1. The molecule has 1 saturated carbocycles. The van der Waals surface area contributed by atoms with Gasteiger partial charge >= 0.3 is 0 Å². The summed E-state index contributed by atoms with van der Waals surface area (Å²) in [5.74, 6) is 1.60. The third-order valence-corrected chi connectivity index (χ3v) is 5.80.